The molecular weight excluding hydrogens is 264 g/mol. The van der Waals surface area contributed by atoms with Crippen molar-refractivity contribution in [1.29, 1.82) is 0 Å². The second kappa shape index (κ2) is 5.03. The third kappa shape index (κ3) is 3.83. The number of piperidine rings is 1. The van der Waals surface area contributed by atoms with Crippen molar-refractivity contribution in [3.63, 3.8) is 0 Å². The smallest absolute Gasteiger partial charge is 0.411 e. The fourth-order valence-corrected chi connectivity index (χ4v) is 2.05. The molecule has 1 aliphatic rings. The highest BCUT2D eigenvalue weighted by atomic mass is 32.1. The van der Waals surface area contributed by atoms with Gasteiger partial charge in [0.1, 0.15) is 11.9 Å². The summed E-state index contributed by atoms with van der Waals surface area (Å²) in [4.78, 5) is 23.3. The molecule has 7 heteroatoms. The first-order valence-corrected chi connectivity index (χ1v) is 6.08. The molecule has 0 N–H and O–H groups in total. The van der Waals surface area contributed by atoms with E-state index in [1.54, 1.807) is 20.8 Å². The number of halogens is 2. The van der Waals surface area contributed by atoms with Crippen LogP contribution in [0.1, 0.15) is 27.2 Å². The maximum atomic E-state index is 13.4. The van der Waals surface area contributed by atoms with E-state index in [0.717, 1.165) is 4.90 Å². The summed E-state index contributed by atoms with van der Waals surface area (Å²) in [6.07, 6.45) is -1.07. The molecule has 1 saturated heterocycles. The molecule has 1 unspecified atom stereocenters. The molecule has 1 fully saturated rings. The van der Waals surface area contributed by atoms with Gasteiger partial charge in [-0.25, -0.2) is 13.6 Å². The lowest BCUT2D eigenvalue weighted by Gasteiger charge is -2.40. The molecule has 1 amide bonds. The summed E-state index contributed by atoms with van der Waals surface area (Å²) in [5, 5.41) is -0.878. The number of hydrogen-bond donors (Lipinski definition) is 1. The molecule has 0 aromatic heterocycles. The molecule has 0 aromatic carbocycles. The Bertz CT molecular complexity index is 344. The van der Waals surface area contributed by atoms with Crippen molar-refractivity contribution in [1.82, 2.24) is 4.90 Å². The number of amides is 1. The summed E-state index contributed by atoms with van der Waals surface area (Å²) in [5.74, 6) is -4.09. The van der Waals surface area contributed by atoms with Crippen LogP contribution in [-0.4, -0.2) is 40.7 Å². The van der Waals surface area contributed by atoms with Crippen LogP contribution < -0.4 is 0 Å². The van der Waals surface area contributed by atoms with Gasteiger partial charge in [0.05, 0.1) is 17.8 Å². The van der Waals surface area contributed by atoms with Gasteiger partial charge in [0.25, 0.3) is 5.92 Å². The van der Waals surface area contributed by atoms with Gasteiger partial charge in [0.2, 0.25) is 0 Å². The average molecular weight is 281 g/mol. The van der Waals surface area contributed by atoms with E-state index in [1.807, 2.05) is 0 Å². The standard InChI is InChI=1S/C11H17F2NO3S/c1-10(2,3)17-9(16)14-6-11(12,13)4-7(5-15)8(14)18/h5,7-8,18H,4,6H2,1-3H3/t7-,8?/m0/s1. The SMILES string of the molecule is CC(C)(C)OC(=O)N1CC(F)(F)C[C@@H](C=O)C1S. The summed E-state index contributed by atoms with van der Waals surface area (Å²) in [6.45, 7) is 4.13. The van der Waals surface area contributed by atoms with E-state index >= 15 is 0 Å². The molecule has 1 rings (SSSR count). The normalized spacial score (nSPS) is 27.8. The number of hydrogen-bond acceptors (Lipinski definition) is 4. The Kier molecular flexibility index (Phi) is 4.25. The van der Waals surface area contributed by atoms with Gasteiger partial charge in [-0.15, -0.1) is 0 Å². The molecule has 0 aliphatic carbocycles. The van der Waals surface area contributed by atoms with Crippen LogP contribution in [0.2, 0.25) is 0 Å². The minimum absolute atomic E-state index is 0.405. The van der Waals surface area contributed by atoms with Gasteiger partial charge < -0.3 is 9.53 Å². The van der Waals surface area contributed by atoms with Crippen LogP contribution in [0.4, 0.5) is 13.6 Å². The molecule has 1 heterocycles. The van der Waals surface area contributed by atoms with Gasteiger partial charge >= 0.3 is 6.09 Å². The monoisotopic (exact) mass is 281 g/mol. The fourth-order valence-electron chi connectivity index (χ4n) is 1.70. The first kappa shape index (κ1) is 15.2. The Hall–Kier alpha value is -0.850. The Morgan fingerprint density at radius 1 is 1.50 bits per heavy atom. The first-order valence-electron chi connectivity index (χ1n) is 5.56. The van der Waals surface area contributed by atoms with Crippen molar-refractivity contribution in [3.8, 4) is 0 Å². The molecule has 0 aromatic rings. The van der Waals surface area contributed by atoms with Crippen LogP contribution in [0.3, 0.4) is 0 Å². The van der Waals surface area contributed by atoms with Crippen LogP contribution in [0.5, 0.6) is 0 Å². The van der Waals surface area contributed by atoms with Crippen molar-refractivity contribution < 1.29 is 23.1 Å². The van der Waals surface area contributed by atoms with E-state index in [4.69, 9.17) is 4.74 Å². The van der Waals surface area contributed by atoms with E-state index in [1.165, 1.54) is 0 Å². The molecular formula is C11H17F2NO3S. The third-order valence-corrected chi connectivity index (χ3v) is 3.10. The second-order valence-electron chi connectivity index (χ2n) is 5.38. The van der Waals surface area contributed by atoms with Gasteiger partial charge in [-0.1, -0.05) is 0 Å². The molecule has 0 saturated carbocycles. The molecule has 4 nitrogen and oxygen atoms in total. The molecule has 18 heavy (non-hydrogen) atoms. The molecule has 2 atom stereocenters. The van der Waals surface area contributed by atoms with E-state index < -0.39 is 41.9 Å². The first-order chi connectivity index (χ1) is 8.06. The summed E-state index contributed by atoms with van der Waals surface area (Å²) < 4.78 is 31.9. The Labute approximate surface area is 110 Å². The average Bonchev–Trinajstić information content (AvgIpc) is 2.18. The number of likely N-dealkylation sites (tertiary alicyclic amines) is 1. The summed E-state index contributed by atoms with van der Waals surface area (Å²) in [6, 6.07) is 0. The van der Waals surface area contributed by atoms with Gasteiger partial charge in [-0.3, -0.25) is 4.90 Å². The van der Waals surface area contributed by atoms with Crippen molar-refractivity contribution in [3.05, 3.63) is 0 Å². The number of thiol groups is 1. The van der Waals surface area contributed by atoms with Crippen molar-refractivity contribution in [2.24, 2.45) is 5.92 Å². The number of carbonyl (C=O) groups excluding carboxylic acids is 2. The quantitative estimate of drug-likeness (QED) is 0.593. The zero-order valence-corrected chi connectivity index (χ0v) is 11.4. The Balaban J connectivity index is 2.85. The number of aldehydes is 1. The lowest BCUT2D eigenvalue weighted by Crippen LogP contribution is -2.55. The minimum Gasteiger partial charge on any atom is -0.444 e. The van der Waals surface area contributed by atoms with Crippen molar-refractivity contribution >= 4 is 25.0 Å². The van der Waals surface area contributed by atoms with E-state index in [2.05, 4.69) is 12.6 Å². The van der Waals surface area contributed by atoms with Gasteiger partial charge in [-0.2, -0.15) is 12.6 Å². The highest BCUT2D eigenvalue weighted by Gasteiger charge is 2.47. The summed E-state index contributed by atoms with van der Waals surface area (Å²) in [7, 11) is 0. The van der Waals surface area contributed by atoms with Gasteiger partial charge in [-0.05, 0) is 20.8 Å². The number of carbonyl (C=O) groups is 2. The minimum atomic E-state index is -3.10. The highest BCUT2D eigenvalue weighted by Crippen LogP contribution is 2.35. The largest absolute Gasteiger partial charge is 0.444 e. The van der Waals surface area contributed by atoms with Gasteiger partial charge in [0.15, 0.2) is 0 Å². The maximum absolute atomic E-state index is 13.4. The maximum Gasteiger partial charge on any atom is 0.411 e. The summed E-state index contributed by atoms with van der Waals surface area (Å²) in [5.41, 5.74) is -0.784. The van der Waals surface area contributed by atoms with Crippen LogP contribution in [0, 0.1) is 5.92 Å². The Morgan fingerprint density at radius 3 is 2.50 bits per heavy atom. The predicted octanol–water partition coefficient (Wildman–Crippen LogP) is 2.33. The fraction of sp³-hybridized carbons (Fsp3) is 0.818. The van der Waals surface area contributed by atoms with E-state index in [-0.39, 0.29) is 0 Å². The van der Waals surface area contributed by atoms with E-state index in [9.17, 15) is 18.4 Å². The summed E-state index contributed by atoms with van der Waals surface area (Å²) >= 11 is 4.06. The van der Waals surface area contributed by atoms with Crippen molar-refractivity contribution in [2.45, 2.75) is 44.1 Å². The lowest BCUT2D eigenvalue weighted by molar-refractivity contribution is -0.125. The molecule has 1 aliphatic heterocycles. The Morgan fingerprint density at radius 2 is 2.06 bits per heavy atom. The van der Waals surface area contributed by atoms with Crippen LogP contribution in [0.25, 0.3) is 0 Å². The zero-order valence-electron chi connectivity index (χ0n) is 10.5. The third-order valence-electron chi connectivity index (χ3n) is 2.44. The zero-order chi connectivity index (χ0) is 14.1. The van der Waals surface area contributed by atoms with Crippen LogP contribution in [0.15, 0.2) is 0 Å². The van der Waals surface area contributed by atoms with Gasteiger partial charge in [0, 0.05) is 6.42 Å². The number of alkyl halides is 2. The van der Waals surface area contributed by atoms with E-state index in [0.29, 0.717) is 6.29 Å². The lowest BCUT2D eigenvalue weighted by atomic mass is 9.96. The van der Waals surface area contributed by atoms with Crippen LogP contribution in [-0.2, 0) is 9.53 Å². The second-order valence-corrected chi connectivity index (χ2v) is 5.91. The molecule has 0 radical (unpaired) electrons. The number of rotatable bonds is 1. The van der Waals surface area contributed by atoms with Crippen LogP contribution >= 0.6 is 12.6 Å². The predicted molar refractivity (Wildman–Crippen MR) is 64.8 cm³/mol. The molecule has 0 bridgehead atoms. The number of ether oxygens (including phenoxy) is 1. The number of nitrogens with zero attached hydrogens (tertiary/aromatic N) is 1. The topological polar surface area (TPSA) is 46.6 Å². The molecule has 104 valence electrons. The van der Waals surface area contributed by atoms with Crippen molar-refractivity contribution in [2.75, 3.05) is 6.54 Å². The molecule has 0 spiro atoms. The highest BCUT2D eigenvalue weighted by molar-refractivity contribution is 7.81.